The molecule has 0 radical (unpaired) electrons. The number of hydrogen-bond donors (Lipinski definition) is 0. The third-order valence-electron chi connectivity index (χ3n) is 1.59. The summed E-state index contributed by atoms with van der Waals surface area (Å²) in [5.41, 5.74) is 0.831. The van der Waals surface area contributed by atoms with E-state index in [-0.39, 0.29) is 5.82 Å². The molecule has 0 atom stereocenters. The van der Waals surface area contributed by atoms with Gasteiger partial charge in [0.15, 0.2) is 0 Å². The van der Waals surface area contributed by atoms with E-state index in [9.17, 15) is 4.39 Å². The summed E-state index contributed by atoms with van der Waals surface area (Å²) in [5, 5.41) is 0.613. The zero-order valence-electron chi connectivity index (χ0n) is 6.49. The van der Waals surface area contributed by atoms with E-state index in [0.29, 0.717) is 10.9 Å². The molecule has 12 heavy (non-hydrogen) atoms. The first-order valence-corrected chi connectivity index (χ1v) is 4.65. The van der Waals surface area contributed by atoms with Gasteiger partial charge in [0.25, 0.3) is 0 Å². The molecule has 66 valence electrons. The fourth-order valence-corrected chi connectivity index (χ4v) is 1.34. The van der Waals surface area contributed by atoms with Crippen LogP contribution in [-0.2, 0) is 6.42 Å². The Kier molecular flexibility index (Phi) is 3.83. The van der Waals surface area contributed by atoms with Gasteiger partial charge >= 0.3 is 0 Å². The standard InChI is InChI=1S/C9H9Cl2F/c10-5-1-2-7-6-8(12)3-4-9(7)11/h3-4,6H,1-2,5H2. The summed E-state index contributed by atoms with van der Waals surface area (Å²) >= 11 is 11.3. The normalized spacial score (nSPS) is 10.2. The van der Waals surface area contributed by atoms with Gasteiger partial charge in [-0.2, -0.15) is 0 Å². The maximum absolute atomic E-state index is 12.7. The molecule has 1 aromatic rings. The van der Waals surface area contributed by atoms with Gasteiger partial charge < -0.3 is 0 Å². The third kappa shape index (κ3) is 2.65. The Bertz CT molecular complexity index is 261. The number of aryl methyl sites for hydroxylation is 1. The fourth-order valence-electron chi connectivity index (χ4n) is 0.992. The minimum absolute atomic E-state index is 0.246. The van der Waals surface area contributed by atoms with Crippen molar-refractivity contribution in [3.63, 3.8) is 0 Å². The lowest BCUT2D eigenvalue weighted by Gasteiger charge is -2.01. The molecule has 0 aliphatic rings. The van der Waals surface area contributed by atoms with Gasteiger partial charge in [0, 0.05) is 10.9 Å². The van der Waals surface area contributed by atoms with Gasteiger partial charge in [-0.05, 0) is 36.6 Å². The van der Waals surface area contributed by atoms with Crippen molar-refractivity contribution in [2.45, 2.75) is 12.8 Å². The Morgan fingerprint density at radius 2 is 2.08 bits per heavy atom. The van der Waals surface area contributed by atoms with Gasteiger partial charge in [-0.1, -0.05) is 11.6 Å². The van der Waals surface area contributed by atoms with Crippen LogP contribution in [0.5, 0.6) is 0 Å². The van der Waals surface area contributed by atoms with E-state index in [2.05, 4.69) is 0 Å². The van der Waals surface area contributed by atoms with Gasteiger partial charge in [-0.15, -0.1) is 11.6 Å². The third-order valence-corrected chi connectivity index (χ3v) is 2.22. The Hall–Kier alpha value is -0.270. The average molecular weight is 207 g/mol. The SMILES string of the molecule is Fc1ccc(Cl)c(CCCCl)c1. The smallest absolute Gasteiger partial charge is 0.123 e. The molecule has 0 aliphatic heterocycles. The molecule has 0 unspecified atom stereocenters. The fraction of sp³-hybridized carbons (Fsp3) is 0.333. The second-order valence-electron chi connectivity index (χ2n) is 2.53. The van der Waals surface area contributed by atoms with Crippen molar-refractivity contribution in [1.29, 1.82) is 0 Å². The zero-order chi connectivity index (χ0) is 8.97. The average Bonchev–Trinajstić information content (AvgIpc) is 2.07. The molecular weight excluding hydrogens is 198 g/mol. The predicted molar refractivity (Wildman–Crippen MR) is 50.5 cm³/mol. The number of rotatable bonds is 3. The molecule has 0 N–H and O–H groups in total. The maximum atomic E-state index is 12.7. The van der Waals surface area contributed by atoms with Gasteiger partial charge in [-0.25, -0.2) is 4.39 Å². The Morgan fingerprint density at radius 3 is 2.75 bits per heavy atom. The van der Waals surface area contributed by atoms with Crippen LogP contribution in [-0.4, -0.2) is 5.88 Å². The van der Waals surface area contributed by atoms with Gasteiger partial charge in [0.05, 0.1) is 0 Å². The minimum Gasteiger partial charge on any atom is -0.207 e. The molecule has 1 rings (SSSR count). The van der Waals surface area contributed by atoms with Crippen LogP contribution in [0.1, 0.15) is 12.0 Å². The van der Waals surface area contributed by atoms with Gasteiger partial charge in [0.2, 0.25) is 0 Å². The molecule has 0 amide bonds. The molecule has 0 fully saturated rings. The van der Waals surface area contributed by atoms with Crippen LogP contribution in [0, 0.1) is 5.82 Å². The highest BCUT2D eigenvalue weighted by atomic mass is 35.5. The van der Waals surface area contributed by atoms with Crippen molar-refractivity contribution in [1.82, 2.24) is 0 Å². The first kappa shape index (κ1) is 9.82. The number of benzene rings is 1. The van der Waals surface area contributed by atoms with E-state index in [0.717, 1.165) is 18.4 Å². The molecule has 3 heteroatoms. The monoisotopic (exact) mass is 206 g/mol. The van der Waals surface area contributed by atoms with Gasteiger partial charge in [0.1, 0.15) is 5.82 Å². The van der Waals surface area contributed by atoms with E-state index < -0.39 is 0 Å². The van der Waals surface area contributed by atoms with Crippen molar-refractivity contribution in [3.05, 3.63) is 34.6 Å². The summed E-state index contributed by atoms with van der Waals surface area (Å²) in [7, 11) is 0. The topological polar surface area (TPSA) is 0 Å². The number of hydrogen-bond acceptors (Lipinski definition) is 0. The van der Waals surface area contributed by atoms with Crippen molar-refractivity contribution in [3.8, 4) is 0 Å². The van der Waals surface area contributed by atoms with Crippen molar-refractivity contribution >= 4 is 23.2 Å². The maximum Gasteiger partial charge on any atom is 0.123 e. The Labute approximate surface area is 81.3 Å². The Balaban J connectivity index is 2.75. The van der Waals surface area contributed by atoms with Crippen molar-refractivity contribution in [2.75, 3.05) is 5.88 Å². The molecule has 1 aromatic carbocycles. The van der Waals surface area contributed by atoms with E-state index in [1.54, 1.807) is 6.07 Å². The lowest BCUT2D eigenvalue weighted by atomic mass is 10.1. The largest absolute Gasteiger partial charge is 0.207 e. The van der Waals surface area contributed by atoms with Crippen LogP contribution < -0.4 is 0 Å². The molecule has 0 nitrogen and oxygen atoms in total. The quantitative estimate of drug-likeness (QED) is 0.663. The highest BCUT2D eigenvalue weighted by Gasteiger charge is 2.00. The first-order valence-electron chi connectivity index (χ1n) is 3.74. The van der Waals surface area contributed by atoms with E-state index >= 15 is 0 Å². The predicted octanol–water partition coefficient (Wildman–Crippen LogP) is 3.65. The zero-order valence-corrected chi connectivity index (χ0v) is 8.00. The van der Waals surface area contributed by atoms with Crippen LogP contribution in [0.3, 0.4) is 0 Å². The summed E-state index contributed by atoms with van der Waals surface area (Å²) in [5.74, 6) is 0.330. The summed E-state index contributed by atoms with van der Waals surface area (Å²) in [6.07, 6.45) is 1.56. The van der Waals surface area contributed by atoms with E-state index in [4.69, 9.17) is 23.2 Å². The highest BCUT2D eigenvalue weighted by Crippen LogP contribution is 2.18. The van der Waals surface area contributed by atoms with Crippen LogP contribution in [0.4, 0.5) is 4.39 Å². The summed E-state index contributed by atoms with van der Waals surface area (Å²) in [6, 6.07) is 4.38. The Morgan fingerprint density at radius 1 is 1.33 bits per heavy atom. The second kappa shape index (κ2) is 4.68. The molecule has 0 heterocycles. The molecular formula is C9H9Cl2F. The lowest BCUT2D eigenvalue weighted by molar-refractivity contribution is 0.625. The van der Waals surface area contributed by atoms with Crippen molar-refractivity contribution < 1.29 is 4.39 Å². The van der Waals surface area contributed by atoms with Crippen LogP contribution in [0.15, 0.2) is 18.2 Å². The summed E-state index contributed by atoms with van der Waals surface area (Å²) < 4.78 is 12.7. The highest BCUT2D eigenvalue weighted by molar-refractivity contribution is 6.31. The lowest BCUT2D eigenvalue weighted by Crippen LogP contribution is -1.89. The molecule has 0 saturated heterocycles. The molecule has 0 aromatic heterocycles. The molecule has 0 bridgehead atoms. The van der Waals surface area contributed by atoms with Crippen LogP contribution >= 0.6 is 23.2 Å². The number of alkyl halides is 1. The molecule has 0 saturated carbocycles. The van der Waals surface area contributed by atoms with Gasteiger partial charge in [-0.3, -0.25) is 0 Å². The molecule has 0 spiro atoms. The first-order chi connectivity index (χ1) is 5.74. The van der Waals surface area contributed by atoms with Crippen LogP contribution in [0.2, 0.25) is 5.02 Å². The van der Waals surface area contributed by atoms with Crippen LogP contribution in [0.25, 0.3) is 0 Å². The van der Waals surface area contributed by atoms with E-state index in [1.807, 2.05) is 0 Å². The summed E-state index contributed by atoms with van der Waals surface area (Å²) in [6.45, 7) is 0. The van der Waals surface area contributed by atoms with E-state index in [1.165, 1.54) is 12.1 Å². The van der Waals surface area contributed by atoms with Crippen molar-refractivity contribution in [2.24, 2.45) is 0 Å². The minimum atomic E-state index is -0.246. The second-order valence-corrected chi connectivity index (χ2v) is 3.31. The molecule has 0 aliphatic carbocycles. The number of halogens is 3. The summed E-state index contributed by atoms with van der Waals surface area (Å²) in [4.78, 5) is 0.